The quantitative estimate of drug-likeness (QED) is 0.358. The molecule has 0 aliphatic rings. The Morgan fingerprint density at radius 1 is 1.00 bits per heavy atom. The van der Waals surface area contributed by atoms with Crippen LogP contribution in [0.15, 0.2) is 0 Å². The van der Waals surface area contributed by atoms with Gasteiger partial charge in [-0.25, -0.2) is 0 Å². The summed E-state index contributed by atoms with van der Waals surface area (Å²) in [5.41, 5.74) is 9.31. The molecule has 0 aliphatic heterocycles. The van der Waals surface area contributed by atoms with Gasteiger partial charge in [-0.1, -0.05) is 8.64 Å². The van der Waals surface area contributed by atoms with Crippen molar-refractivity contribution in [2.75, 3.05) is 0 Å². The van der Waals surface area contributed by atoms with E-state index in [1.54, 1.807) is 0 Å². The third-order valence-electron chi connectivity index (χ3n) is 0. The summed E-state index contributed by atoms with van der Waals surface area (Å²) in [6.45, 7) is 0. The zero-order valence-corrected chi connectivity index (χ0v) is 8.92. The minimum Gasteiger partial charge on any atom is -0.415 e. The summed E-state index contributed by atoms with van der Waals surface area (Å²) < 4.78 is 0.167. The van der Waals surface area contributed by atoms with Gasteiger partial charge in [0.15, 0.2) is 0 Å². The minimum absolute atomic E-state index is 0. The number of nitrogens with two attached hydrogens (primary N) is 2. The molecule has 0 bridgehead atoms. The molecular weight excluding hydrogens is 287 g/mol. The monoisotopic (exact) mass is 290 g/mol. The number of hydrogen-bond acceptors (Lipinski definition) is 4. The predicted molar refractivity (Wildman–Crippen MR) is 48.3 cm³/mol. The standard InChI is InChI=1S/2CH3NS2.Pd/c2*2-1(3)4;/h2*(H3,2,3,4);/q;;+2/p-2. The molecule has 0 aliphatic carbocycles. The fourth-order valence-electron chi connectivity index (χ4n) is 0. The van der Waals surface area contributed by atoms with Crippen LogP contribution in [0.1, 0.15) is 0 Å². The smallest absolute Gasteiger partial charge is 0.415 e. The predicted octanol–water partition coefficient (Wildman–Crippen LogP) is -0.449. The van der Waals surface area contributed by atoms with Crippen molar-refractivity contribution in [3.63, 3.8) is 0 Å². The molecule has 0 spiro atoms. The number of rotatable bonds is 0. The van der Waals surface area contributed by atoms with Crippen molar-refractivity contribution >= 4 is 58.3 Å². The Morgan fingerprint density at radius 2 is 1.00 bits per heavy atom. The first-order chi connectivity index (χ1) is 3.46. The molecule has 0 aromatic heterocycles. The van der Waals surface area contributed by atoms with Crippen molar-refractivity contribution in [3.8, 4) is 0 Å². The molecule has 0 amide bonds. The summed E-state index contributed by atoms with van der Waals surface area (Å²) in [7, 11) is 0. The summed E-state index contributed by atoms with van der Waals surface area (Å²) in [4.78, 5) is 0. The molecule has 0 rings (SSSR count). The van der Waals surface area contributed by atoms with E-state index in [4.69, 9.17) is 0 Å². The van der Waals surface area contributed by atoms with Crippen molar-refractivity contribution in [3.05, 3.63) is 0 Å². The van der Waals surface area contributed by atoms with Crippen LogP contribution >= 0.6 is 24.4 Å². The van der Waals surface area contributed by atoms with E-state index >= 15 is 0 Å². The first-order valence-electron chi connectivity index (χ1n) is 1.39. The van der Waals surface area contributed by atoms with Gasteiger partial charge in [-0.15, -0.1) is 0 Å². The molecule has 0 saturated carbocycles. The molecule has 7 heteroatoms. The van der Waals surface area contributed by atoms with Crippen LogP contribution in [0.2, 0.25) is 0 Å². The van der Waals surface area contributed by atoms with Gasteiger partial charge < -0.3 is 61.2 Å². The summed E-state index contributed by atoms with van der Waals surface area (Å²) >= 11 is 16.5. The maximum Gasteiger partial charge on any atom is 2.00 e. The van der Waals surface area contributed by atoms with Crippen LogP contribution in [0.5, 0.6) is 0 Å². The fraction of sp³-hybridized carbons (Fsp3) is 0. The van der Waals surface area contributed by atoms with Crippen molar-refractivity contribution in [1.29, 1.82) is 0 Å². The van der Waals surface area contributed by atoms with Crippen LogP contribution in [0.3, 0.4) is 0 Å². The van der Waals surface area contributed by atoms with Crippen molar-refractivity contribution in [2.24, 2.45) is 11.5 Å². The second kappa shape index (κ2) is 11.7. The molecule has 2 nitrogen and oxygen atoms in total. The van der Waals surface area contributed by atoms with E-state index in [0.29, 0.717) is 0 Å². The van der Waals surface area contributed by atoms with Gasteiger partial charge in [-0.3, -0.25) is 0 Å². The van der Waals surface area contributed by atoms with Crippen LogP contribution in [0.4, 0.5) is 0 Å². The van der Waals surface area contributed by atoms with Crippen molar-refractivity contribution in [1.82, 2.24) is 0 Å². The Balaban J connectivity index is -0.0000000720. The molecule has 4 N–H and O–H groups in total. The second-order valence-corrected chi connectivity index (χ2v) is 2.91. The zero-order valence-electron chi connectivity index (χ0n) is 4.10. The Hall–Kier alpha value is 0.882. The average Bonchev–Trinajstić information content (AvgIpc) is 1.25. The molecule has 0 heterocycles. The average molecular weight is 291 g/mol. The molecular formula is C2H4N2PdS4. The Bertz CT molecular complexity index is 74.6. The minimum atomic E-state index is 0. The zero-order chi connectivity index (χ0) is 7.15. The SMILES string of the molecule is NC(=S)[S-].NC(=S)[S-].[Pd+2]. The van der Waals surface area contributed by atoms with E-state index in [0.717, 1.165) is 0 Å². The number of thiocarbonyl (C=S) groups is 2. The Morgan fingerprint density at radius 3 is 1.00 bits per heavy atom. The molecule has 56 valence electrons. The van der Waals surface area contributed by atoms with Gasteiger partial charge in [-0.05, 0) is 0 Å². The van der Waals surface area contributed by atoms with Gasteiger partial charge >= 0.3 is 20.4 Å². The molecule has 0 aromatic rings. The van der Waals surface area contributed by atoms with Gasteiger partial charge in [0.25, 0.3) is 0 Å². The van der Waals surface area contributed by atoms with Gasteiger partial charge in [0, 0.05) is 0 Å². The summed E-state index contributed by atoms with van der Waals surface area (Å²) in [5.74, 6) is 0. The van der Waals surface area contributed by atoms with Crippen molar-refractivity contribution in [2.45, 2.75) is 0 Å². The van der Waals surface area contributed by atoms with E-state index < -0.39 is 0 Å². The molecule has 9 heavy (non-hydrogen) atoms. The third kappa shape index (κ3) is 540. The normalized spacial score (nSPS) is 5.33. The van der Waals surface area contributed by atoms with E-state index in [9.17, 15) is 0 Å². The van der Waals surface area contributed by atoms with Crippen LogP contribution in [0, 0.1) is 0 Å². The fourth-order valence-corrected chi connectivity index (χ4v) is 0. The maximum atomic E-state index is 4.66. The molecule has 0 aromatic carbocycles. The van der Waals surface area contributed by atoms with Gasteiger partial charge in [0.05, 0.1) is 0 Å². The second-order valence-electron chi connectivity index (χ2n) is 0.638. The largest absolute Gasteiger partial charge is 2.00 e. The molecule has 0 saturated heterocycles. The maximum absolute atomic E-state index is 4.66. The molecule has 0 unspecified atom stereocenters. The van der Waals surface area contributed by atoms with E-state index in [1.807, 2.05) is 0 Å². The van der Waals surface area contributed by atoms with E-state index in [1.165, 1.54) is 0 Å². The summed E-state index contributed by atoms with van der Waals surface area (Å²) in [5, 5.41) is 0. The van der Waals surface area contributed by atoms with Gasteiger partial charge in [0.2, 0.25) is 0 Å². The molecule has 0 fully saturated rings. The van der Waals surface area contributed by atoms with E-state index in [-0.39, 0.29) is 29.1 Å². The van der Waals surface area contributed by atoms with Crippen LogP contribution < -0.4 is 11.5 Å². The summed E-state index contributed by atoms with van der Waals surface area (Å²) in [6, 6.07) is 0. The molecule has 0 radical (unpaired) electrons. The van der Waals surface area contributed by atoms with Crippen molar-refractivity contribution < 1.29 is 20.4 Å². The molecule has 0 atom stereocenters. The Labute approximate surface area is 89.6 Å². The Kier molecular flexibility index (Phi) is 21.3. The van der Waals surface area contributed by atoms with Crippen LogP contribution in [-0.2, 0) is 45.7 Å². The van der Waals surface area contributed by atoms with E-state index in [2.05, 4.69) is 61.2 Å². The van der Waals surface area contributed by atoms with Gasteiger partial charge in [0.1, 0.15) is 0 Å². The third-order valence-corrected chi connectivity index (χ3v) is 0. The first-order valence-corrected chi connectivity index (χ1v) is 3.03. The topological polar surface area (TPSA) is 52.0 Å². The first kappa shape index (κ1) is 16.5. The number of hydrogen-bond donors (Lipinski definition) is 2. The van der Waals surface area contributed by atoms with Crippen LogP contribution in [-0.4, -0.2) is 8.64 Å². The summed E-state index contributed by atoms with van der Waals surface area (Å²) in [6.07, 6.45) is 0. The van der Waals surface area contributed by atoms with Crippen LogP contribution in [0.25, 0.3) is 0 Å². The van der Waals surface area contributed by atoms with Gasteiger partial charge in [-0.2, -0.15) is 0 Å².